The molecule has 5 nitrogen and oxygen atoms in total. The monoisotopic (exact) mass is 508 g/mol. The summed E-state index contributed by atoms with van der Waals surface area (Å²) in [6.45, 7) is 0. The van der Waals surface area contributed by atoms with E-state index in [0.29, 0.717) is 17.1 Å². The predicted molar refractivity (Wildman–Crippen MR) is 121 cm³/mol. The maximum atomic E-state index is 10.1. The Balaban J connectivity index is 0.00000216. The number of aromatic hydroxyl groups is 1. The zero-order chi connectivity index (χ0) is 20.8. The van der Waals surface area contributed by atoms with Gasteiger partial charge in [0, 0.05) is 49.3 Å². The molecule has 158 valence electrons. The van der Waals surface area contributed by atoms with Crippen LogP contribution in [-0.2, 0) is 20.4 Å². The Bertz CT molecular complexity index is 1580. The first-order valence-electron chi connectivity index (χ1n) is 9.91. The second-order valence-corrected chi connectivity index (χ2v) is 7.23. The smallest absolute Gasteiger partial charge is 0.217 e. The third-order valence-electron chi connectivity index (χ3n) is 5.32. The molecule has 0 amide bonds. The molecule has 0 spiro atoms. The van der Waals surface area contributed by atoms with Gasteiger partial charge >= 0.3 is 0 Å². The zero-order valence-corrected chi connectivity index (χ0v) is 18.2. The van der Waals surface area contributed by atoms with Crippen molar-refractivity contribution in [3.8, 4) is 23.2 Å². The number of para-hydroxylation sites is 2. The molecule has 0 aliphatic heterocycles. The zero-order valence-electron chi connectivity index (χ0n) is 16.7. The summed E-state index contributed by atoms with van der Waals surface area (Å²) >= 11 is 0. The molecule has 3 heterocycles. The first-order valence-corrected chi connectivity index (χ1v) is 9.91. The Labute approximate surface area is 197 Å². The van der Waals surface area contributed by atoms with Crippen LogP contribution in [0.5, 0.6) is 17.4 Å². The van der Waals surface area contributed by atoms with Gasteiger partial charge in [-0.2, -0.15) is 6.07 Å². The number of fused-ring (bicyclic) bond motifs is 4. The van der Waals surface area contributed by atoms with Gasteiger partial charge in [0.2, 0.25) is 5.88 Å². The minimum atomic E-state index is 0. The largest absolute Gasteiger partial charge is 0.506 e. The van der Waals surface area contributed by atoms with Crippen molar-refractivity contribution in [2.45, 2.75) is 0 Å². The van der Waals surface area contributed by atoms with Crippen molar-refractivity contribution in [2.75, 3.05) is 0 Å². The van der Waals surface area contributed by atoms with Crippen molar-refractivity contribution in [3.63, 3.8) is 0 Å². The van der Waals surface area contributed by atoms with E-state index in [4.69, 9.17) is 4.74 Å². The van der Waals surface area contributed by atoms with Crippen molar-refractivity contribution in [2.24, 2.45) is 0 Å². The molecular weight excluding hydrogens is 493 g/mol. The van der Waals surface area contributed by atoms with Crippen LogP contribution in [0.1, 0.15) is 0 Å². The van der Waals surface area contributed by atoms with Gasteiger partial charge in [-0.25, -0.2) is 9.97 Å². The first kappa shape index (κ1) is 20.2. The molecule has 3 aromatic carbocycles. The molecule has 0 saturated heterocycles. The minimum absolute atomic E-state index is 0. The van der Waals surface area contributed by atoms with Gasteiger partial charge in [-0.1, -0.05) is 41.9 Å². The van der Waals surface area contributed by atoms with Crippen LogP contribution in [0.25, 0.3) is 38.5 Å². The normalized spacial score (nSPS) is 11.0. The van der Waals surface area contributed by atoms with Crippen LogP contribution in [0, 0.1) is 6.07 Å². The van der Waals surface area contributed by atoms with Gasteiger partial charge in [0.15, 0.2) is 0 Å². The fraction of sp³-hybridized carbons (Fsp3) is 0. The van der Waals surface area contributed by atoms with E-state index in [0.717, 1.165) is 33.0 Å². The SMILES string of the molecule is Oc1cccc2ccc(Oc3[c-]c4c(cc3)c3ccccc3n4-c3ccccn3)nc12.[Pd]. The summed E-state index contributed by atoms with van der Waals surface area (Å²) < 4.78 is 8.11. The van der Waals surface area contributed by atoms with Crippen LogP contribution in [0.3, 0.4) is 0 Å². The quantitative estimate of drug-likeness (QED) is 0.234. The number of phenolic OH excluding ortho intramolecular Hbond substituents is 1. The Kier molecular flexibility index (Phi) is 5.10. The summed E-state index contributed by atoms with van der Waals surface area (Å²) in [5, 5.41) is 13.2. The average Bonchev–Trinajstić information content (AvgIpc) is 3.14. The number of benzene rings is 3. The number of hydrogen-bond acceptors (Lipinski definition) is 4. The molecule has 0 unspecified atom stereocenters. The number of nitrogens with zero attached hydrogens (tertiary/aromatic N) is 3. The third-order valence-corrected chi connectivity index (χ3v) is 5.32. The van der Waals surface area contributed by atoms with E-state index in [9.17, 15) is 5.11 Å². The molecule has 32 heavy (non-hydrogen) atoms. The van der Waals surface area contributed by atoms with Gasteiger partial charge in [-0.3, -0.25) is 0 Å². The summed E-state index contributed by atoms with van der Waals surface area (Å²) in [5.41, 5.74) is 2.43. The molecule has 0 saturated carbocycles. The van der Waals surface area contributed by atoms with E-state index in [1.807, 2.05) is 54.6 Å². The van der Waals surface area contributed by atoms with Crippen molar-refractivity contribution in [3.05, 3.63) is 97.2 Å². The van der Waals surface area contributed by atoms with E-state index in [2.05, 4.69) is 32.7 Å². The minimum Gasteiger partial charge on any atom is -0.506 e. The number of phenols is 1. The van der Waals surface area contributed by atoms with E-state index < -0.39 is 0 Å². The average molecular weight is 509 g/mol. The fourth-order valence-corrected chi connectivity index (χ4v) is 3.94. The van der Waals surface area contributed by atoms with Gasteiger partial charge in [-0.05, 0) is 35.7 Å². The Hall–Kier alpha value is -3.72. The maximum absolute atomic E-state index is 10.1. The molecule has 1 N–H and O–H groups in total. The molecule has 6 rings (SSSR count). The number of hydrogen-bond donors (Lipinski definition) is 1. The van der Waals surface area contributed by atoms with Crippen LogP contribution in [0.2, 0.25) is 0 Å². The van der Waals surface area contributed by atoms with E-state index in [1.165, 1.54) is 0 Å². The summed E-state index contributed by atoms with van der Waals surface area (Å²) in [4.78, 5) is 9.00. The van der Waals surface area contributed by atoms with Crippen LogP contribution >= 0.6 is 0 Å². The number of pyridine rings is 2. The molecule has 0 fully saturated rings. The molecule has 0 radical (unpaired) electrons. The van der Waals surface area contributed by atoms with Crippen molar-refractivity contribution < 1.29 is 30.3 Å². The van der Waals surface area contributed by atoms with E-state index in [-0.39, 0.29) is 26.2 Å². The van der Waals surface area contributed by atoms with E-state index in [1.54, 1.807) is 24.4 Å². The number of aromatic nitrogens is 3. The number of ether oxygens (including phenoxy) is 1. The molecular formula is C26H16N3O2Pd-. The Morgan fingerprint density at radius 2 is 1.69 bits per heavy atom. The summed E-state index contributed by atoms with van der Waals surface area (Å²) in [7, 11) is 0. The van der Waals surface area contributed by atoms with Crippen molar-refractivity contribution in [1.82, 2.24) is 14.5 Å². The van der Waals surface area contributed by atoms with Gasteiger partial charge in [0.25, 0.3) is 0 Å². The Morgan fingerprint density at radius 1 is 0.812 bits per heavy atom. The van der Waals surface area contributed by atoms with Gasteiger partial charge in [-0.15, -0.1) is 17.5 Å². The third kappa shape index (κ3) is 3.31. The van der Waals surface area contributed by atoms with Crippen LogP contribution < -0.4 is 4.74 Å². The standard InChI is InChI=1S/C26H16N3O2.Pd/c30-23-9-5-6-17-11-14-25(28-26(17)23)31-18-12-13-20-19-7-1-2-8-21(19)29(22(20)16-18)24-10-3-4-15-27-24;/h1-15,30H;/q-1;. The summed E-state index contributed by atoms with van der Waals surface area (Å²) in [6, 6.07) is 30.3. The summed E-state index contributed by atoms with van der Waals surface area (Å²) in [6.07, 6.45) is 1.78. The van der Waals surface area contributed by atoms with Crippen LogP contribution in [0.4, 0.5) is 0 Å². The van der Waals surface area contributed by atoms with Crippen molar-refractivity contribution >= 4 is 32.7 Å². The molecule has 3 aromatic heterocycles. The molecule has 6 heteroatoms. The molecule has 6 aromatic rings. The van der Waals surface area contributed by atoms with Gasteiger partial charge in [0.05, 0.1) is 0 Å². The second-order valence-electron chi connectivity index (χ2n) is 7.23. The second kappa shape index (κ2) is 8.08. The molecule has 0 bridgehead atoms. The van der Waals surface area contributed by atoms with Crippen LogP contribution in [-0.4, -0.2) is 19.6 Å². The fourth-order valence-electron chi connectivity index (χ4n) is 3.94. The predicted octanol–water partition coefficient (Wildman–Crippen LogP) is 6.02. The molecule has 0 atom stereocenters. The molecule has 0 aliphatic rings. The van der Waals surface area contributed by atoms with Gasteiger partial charge in [0.1, 0.15) is 17.1 Å². The topological polar surface area (TPSA) is 60.2 Å². The van der Waals surface area contributed by atoms with Gasteiger partial charge < -0.3 is 14.4 Å². The first-order chi connectivity index (χ1) is 15.3. The molecule has 0 aliphatic carbocycles. The van der Waals surface area contributed by atoms with Crippen LogP contribution in [0.15, 0.2) is 91.1 Å². The number of rotatable bonds is 3. The Morgan fingerprint density at radius 3 is 2.56 bits per heavy atom. The van der Waals surface area contributed by atoms with Crippen molar-refractivity contribution in [1.29, 1.82) is 0 Å². The maximum Gasteiger partial charge on any atom is 0.217 e. The summed E-state index contributed by atoms with van der Waals surface area (Å²) in [5.74, 6) is 1.87. The van der Waals surface area contributed by atoms with E-state index >= 15 is 0 Å².